The Morgan fingerprint density at radius 1 is 1.38 bits per heavy atom. The van der Waals surface area contributed by atoms with Crippen molar-refractivity contribution < 1.29 is 32.0 Å². The first kappa shape index (κ1) is 12.2. The number of ether oxygens (including phenoxy) is 2. The van der Waals surface area contributed by atoms with Crippen LogP contribution < -0.4 is 22.1 Å². The van der Waals surface area contributed by atoms with Gasteiger partial charge in [0.2, 0.25) is 0 Å². The highest BCUT2D eigenvalue weighted by Crippen LogP contribution is 1.91. The Morgan fingerprint density at radius 2 is 2.23 bits per heavy atom. The molecule has 0 aliphatic carbocycles. The Morgan fingerprint density at radius 3 is 2.85 bits per heavy atom. The minimum absolute atomic E-state index is 0. The lowest BCUT2D eigenvalue weighted by Gasteiger charge is -1.99. The Balaban J connectivity index is 0.00000144. The van der Waals surface area contributed by atoms with Crippen molar-refractivity contribution in [3.05, 3.63) is 12.4 Å². The van der Waals surface area contributed by atoms with Crippen LogP contribution >= 0.6 is 0 Å². The van der Waals surface area contributed by atoms with E-state index in [1.54, 1.807) is 12.4 Å². The fourth-order valence-electron chi connectivity index (χ4n) is 0.729. The summed E-state index contributed by atoms with van der Waals surface area (Å²) in [7, 11) is 0. The van der Waals surface area contributed by atoms with Crippen molar-refractivity contribution >= 4 is 0 Å². The molecule has 0 atom stereocenters. The summed E-state index contributed by atoms with van der Waals surface area (Å²) < 4.78 is 10.2. The molecule has 1 aromatic rings. The van der Waals surface area contributed by atoms with E-state index in [0.717, 1.165) is 0 Å². The molecule has 1 heterocycles. The van der Waals surface area contributed by atoms with Crippen LogP contribution in [0.2, 0.25) is 0 Å². The maximum atomic E-state index is 8.37. The van der Waals surface area contributed by atoms with Crippen LogP contribution in [0.25, 0.3) is 0 Å². The minimum Gasteiger partial charge on any atom is -1.00 e. The quantitative estimate of drug-likeness (QED) is 0.472. The Labute approximate surface area is 82.5 Å². The highest BCUT2D eigenvalue weighted by atomic mass is 35.5. The Kier molecular flexibility index (Phi) is 7.38. The zero-order valence-corrected chi connectivity index (χ0v) is 7.88. The van der Waals surface area contributed by atoms with E-state index in [-0.39, 0.29) is 19.0 Å². The van der Waals surface area contributed by atoms with E-state index in [1.165, 1.54) is 0 Å². The molecule has 76 valence electrons. The van der Waals surface area contributed by atoms with Gasteiger partial charge in [0.05, 0.1) is 19.8 Å². The van der Waals surface area contributed by atoms with Crippen molar-refractivity contribution in [2.75, 3.05) is 26.4 Å². The molecule has 5 nitrogen and oxygen atoms in total. The lowest BCUT2D eigenvalue weighted by atomic mass is 10.7. The van der Waals surface area contributed by atoms with Gasteiger partial charge in [-0.2, -0.15) is 0 Å². The standard InChI is InChI=1S/C7H12N2O3.ClH/c10-3-4-11-5-6-12-7-8-1-2-9-7;/h1-2,10H,3-6H2,(H,8,9);1H. The van der Waals surface area contributed by atoms with Gasteiger partial charge in [-0.1, -0.05) is 0 Å². The summed E-state index contributed by atoms with van der Waals surface area (Å²) in [6.07, 6.45) is 3.48. The number of aromatic nitrogens is 2. The molecular weight excluding hydrogens is 196 g/mol. The second-order valence-corrected chi connectivity index (χ2v) is 2.14. The topological polar surface area (TPSA) is 68.6 Å². The van der Waals surface area contributed by atoms with Gasteiger partial charge in [-0.25, -0.2) is 9.97 Å². The van der Waals surface area contributed by atoms with E-state index in [1.807, 2.05) is 0 Å². The Hall–Kier alpha value is -0.780. The van der Waals surface area contributed by atoms with Crippen LogP contribution in [0.5, 0.6) is 6.01 Å². The van der Waals surface area contributed by atoms with Crippen LogP contribution in [0.15, 0.2) is 12.4 Å². The molecule has 0 radical (unpaired) electrons. The summed E-state index contributed by atoms with van der Waals surface area (Å²) in [5.74, 6) is 0. The minimum atomic E-state index is 0. The number of rotatable bonds is 6. The van der Waals surface area contributed by atoms with Crippen LogP contribution in [0.1, 0.15) is 0 Å². The lowest BCUT2D eigenvalue weighted by molar-refractivity contribution is -0.392. The monoisotopic (exact) mass is 208 g/mol. The number of hydrogen-bond acceptors (Lipinski definition) is 3. The lowest BCUT2D eigenvalue weighted by Crippen LogP contribution is -3.00. The number of aliphatic hydroxyl groups excluding tert-OH is 1. The van der Waals surface area contributed by atoms with Gasteiger partial charge in [-0.05, 0) is 0 Å². The fourth-order valence-corrected chi connectivity index (χ4v) is 0.729. The molecule has 3 N–H and O–H groups in total. The number of nitrogens with one attached hydrogen (secondary N) is 2. The van der Waals surface area contributed by atoms with Crippen LogP contribution in [0.4, 0.5) is 0 Å². The molecule has 0 spiro atoms. The summed E-state index contributed by atoms with van der Waals surface area (Å²) >= 11 is 0. The number of aromatic amines is 2. The average molecular weight is 209 g/mol. The Bertz CT molecular complexity index is 194. The van der Waals surface area contributed by atoms with Crippen molar-refractivity contribution in [1.82, 2.24) is 4.98 Å². The van der Waals surface area contributed by atoms with E-state index < -0.39 is 0 Å². The predicted molar refractivity (Wildman–Crippen MR) is 40.7 cm³/mol. The zero-order chi connectivity index (χ0) is 8.65. The second kappa shape index (κ2) is 7.85. The first-order chi connectivity index (χ1) is 5.93. The largest absolute Gasteiger partial charge is 1.00 e. The van der Waals surface area contributed by atoms with Gasteiger partial charge in [-0.15, -0.1) is 0 Å². The van der Waals surface area contributed by atoms with Gasteiger partial charge in [0, 0.05) is 0 Å². The van der Waals surface area contributed by atoms with Gasteiger partial charge in [-0.3, -0.25) is 0 Å². The number of imidazole rings is 1. The number of halogens is 1. The first-order valence-electron chi connectivity index (χ1n) is 3.80. The number of aliphatic hydroxyl groups is 1. The van der Waals surface area contributed by atoms with E-state index in [9.17, 15) is 0 Å². The normalized spacial score (nSPS) is 9.31. The molecule has 1 rings (SSSR count). The van der Waals surface area contributed by atoms with Gasteiger partial charge in [0.15, 0.2) is 0 Å². The SMILES string of the molecule is OCCOCCOc1[nH]cc[nH+]1.[Cl-]. The van der Waals surface area contributed by atoms with Crippen molar-refractivity contribution in [3.63, 3.8) is 0 Å². The highest BCUT2D eigenvalue weighted by molar-refractivity contribution is 4.79. The number of hydrogen-bond donors (Lipinski definition) is 2. The molecule has 1 aromatic heterocycles. The van der Waals surface area contributed by atoms with Gasteiger partial charge in [0.25, 0.3) is 0 Å². The zero-order valence-electron chi connectivity index (χ0n) is 7.12. The molecule has 0 bridgehead atoms. The molecule has 0 saturated heterocycles. The van der Waals surface area contributed by atoms with Crippen LogP contribution in [0, 0.1) is 0 Å². The van der Waals surface area contributed by atoms with Gasteiger partial charge >= 0.3 is 6.01 Å². The molecule has 6 heteroatoms. The summed E-state index contributed by atoms with van der Waals surface area (Å²) in [5.41, 5.74) is 0. The van der Waals surface area contributed by atoms with Crippen molar-refractivity contribution in [3.8, 4) is 6.01 Å². The van der Waals surface area contributed by atoms with Crippen molar-refractivity contribution in [1.29, 1.82) is 0 Å². The maximum absolute atomic E-state index is 8.37. The van der Waals surface area contributed by atoms with Gasteiger partial charge in [0.1, 0.15) is 19.0 Å². The smallest absolute Gasteiger partial charge is 0.451 e. The van der Waals surface area contributed by atoms with Crippen molar-refractivity contribution in [2.24, 2.45) is 0 Å². The van der Waals surface area contributed by atoms with Gasteiger partial charge < -0.3 is 27.0 Å². The van der Waals surface area contributed by atoms with E-state index in [2.05, 4.69) is 9.97 Å². The summed E-state index contributed by atoms with van der Waals surface area (Å²) in [5, 5.41) is 8.37. The number of H-pyrrole nitrogens is 2. The third kappa shape index (κ3) is 5.46. The predicted octanol–water partition coefficient (Wildman–Crippen LogP) is -3.78. The highest BCUT2D eigenvalue weighted by Gasteiger charge is 1.99. The third-order valence-electron chi connectivity index (χ3n) is 1.22. The summed E-state index contributed by atoms with van der Waals surface area (Å²) in [6.45, 7) is 1.36. The van der Waals surface area contributed by atoms with Crippen LogP contribution in [-0.2, 0) is 4.74 Å². The summed E-state index contributed by atoms with van der Waals surface area (Å²) in [4.78, 5) is 5.69. The molecule has 0 aliphatic rings. The maximum Gasteiger partial charge on any atom is 0.451 e. The van der Waals surface area contributed by atoms with E-state index >= 15 is 0 Å². The molecule has 0 amide bonds. The third-order valence-corrected chi connectivity index (χ3v) is 1.22. The molecular formula is C7H13ClN2O3. The summed E-state index contributed by atoms with van der Waals surface area (Å²) in [6, 6.07) is 0.614. The van der Waals surface area contributed by atoms with Crippen LogP contribution in [-0.4, -0.2) is 36.5 Å². The molecule has 13 heavy (non-hydrogen) atoms. The van der Waals surface area contributed by atoms with Crippen molar-refractivity contribution in [2.45, 2.75) is 0 Å². The molecule has 0 aliphatic heterocycles. The van der Waals surface area contributed by atoms with Crippen LogP contribution in [0.3, 0.4) is 0 Å². The fraction of sp³-hybridized carbons (Fsp3) is 0.571. The molecule has 0 unspecified atom stereocenters. The van der Waals surface area contributed by atoms with E-state index in [0.29, 0.717) is 25.8 Å². The first-order valence-corrected chi connectivity index (χ1v) is 3.80. The van der Waals surface area contributed by atoms with E-state index in [4.69, 9.17) is 14.6 Å². The molecule has 0 saturated carbocycles. The average Bonchev–Trinajstić information content (AvgIpc) is 2.57. The second-order valence-electron chi connectivity index (χ2n) is 2.14. The molecule has 0 fully saturated rings. The molecule has 0 aromatic carbocycles.